The van der Waals surface area contributed by atoms with Gasteiger partial charge in [0, 0.05) is 0 Å². The molecule has 2 aromatic carbocycles. The molecule has 0 aliphatic rings. The molecule has 3 N–H and O–H groups in total. The predicted octanol–water partition coefficient (Wildman–Crippen LogP) is 1.97. The van der Waals surface area contributed by atoms with Crippen molar-refractivity contribution in [1.82, 2.24) is 10.2 Å². The number of hydrogen-bond donors (Lipinski definition) is 3. The number of aryl methyl sites for hydroxylation is 1. The van der Waals surface area contributed by atoms with Crippen LogP contribution in [0.2, 0.25) is 0 Å². The highest BCUT2D eigenvalue weighted by Crippen LogP contribution is 2.19. The number of fused-ring (bicyclic) bond motifs is 1. The van der Waals surface area contributed by atoms with E-state index in [2.05, 4.69) is 14.9 Å². The fraction of sp³-hybridized carbons (Fsp3) is 0.0714. The number of anilines is 1. The molecular weight excluding hydrogens is 290 g/mol. The van der Waals surface area contributed by atoms with Gasteiger partial charge in [-0.1, -0.05) is 17.7 Å². The topological polar surface area (TPSA) is 94.8 Å². The van der Waals surface area contributed by atoms with Gasteiger partial charge in [-0.2, -0.15) is 0 Å². The first-order chi connectivity index (χ1) is 9.95. The number of aromatic nitrogens is 2. The van der Waals surface area contributed by atoms with Gasteiger partial charge in [0.1, 0.15) is 0 Å². The molecule has 7 heteroatoms. The van der Waals surface area contributed by atoms with E-state index < -0.39 is 10.0 Å². The molecule has 6 nitrogen and oxygen atoms in total. The monoisotopic (exact) mass is 303 g/mol. The fourth-order valence-electron chi connectivity index (χ4n) is 2.03. The smallest absolute Gasteiger partial charge is 0.271 e. The van der Waals surface area contributed by atoms with Crippen LogP contribution in [-0.2, 0) is 10.0 Å². The van der Waals surface area contributed by atoms with E-state index in [4.69, 9.17) is 0 Å². The summed E-state index contributed by atoms with van der Waals surface area (Å²) >= 11 is 0. The van der Waals surface area contributed by atoms with E-state index in [0.717, 1.165) is 5.56 Å². The fourth-order valence-corrected chi connectivity index (χ4v) is 3.08. The molecule has 0 aliphatic carbocycles. The summed E-state index contributed by atoms with van der Waals surface area (Å²) in [5.74, 6) is 0. The lowest BCUT2D eigenvalue weighted by atomic mass is 10.2. The van der Waals surface area contributed by atoms with Gasteiger partial charge in [0.15, 0.2) is 0 Å². The Balaban J connectivity index is 1.96. The Kier molecular flexibility index (Phi) is 3.06. The third kappa shape index (κ3) is 2.55. The molecule has 3 rings (SSSR count). The van der Waals surface area contributed by atoms with Gasteiger partial charge in [0.05, 0.1) is 21.5 Å². The maximum Gasteiger partial charge on any atom is 0.271 e. The van der Waals surface area contributed by atoms with E-state index in [-0.39, 0.29) is 10.5 Å². The number of sulfonamides is 1. The van der Waals surface area contributed by atoms with Crippen molar-refractivity contribution >= 4 is 26.6 Å². The first-order valence-electron chi connectivity index (χ1n) is 6.26. The molecule has 21 heavy (non-hydrogen) atoms. The number of hydrogen-bond acceptors (Lipinski definition) is 3. The van der Waals surface area contributed by atoms with Gasteiger partial charge >= 0.3 is 0 Å². The summed E-state index contributed by atoms with van der Waals surface area (Å²) < 4.78 is 27.0. The third-order valence-electron chi connectivity index (χ3n) is 3.16. The van der Waals surface area contributed by atoms with Gasteiger partial charge in [-0.05, 0) is 37.3 Å². The van der Waals surface area contributed by atoms with E-state index in [1.54, 1.807) is 42.5 Å². The summed E-state index contributed by atoms with van der Waals surface area (Å²) in [5.41, 5.74) is 1.68. The molecule has 3 aromatic rings. The first-order valence-corrected chi connectivity index (χ1v) is 7.74. The Labute approximate surface area is 120 Å². The SMILES string of the molecule is Cc1ccc(S(=O)(=O)Nc2ccc3c(=O)[nH][nH]c3c2)cc1. The van der Waals surface area contributed by atoms with E-state index in [1.165, 1.54) is 0 Å². The summed E-state index contributed by atoms with van der Waals surface area (Å²) in [6.45, 7) is 1.89. The molecule has 0 bridgehead atoms. The van der Waals surface area contributed by atoms with E-state index in [9.17, 15) is 13.2 Å². The average molecular weight is 303 g/mol. The minimum atomic E-state index is -3.64. The quantitative estimate of drug-likeness (QED) is 0.690. The molecule has 0 aliphatic heterocycles. The second kappa shape index (κ2) is 4.78. The van der Waals surface area contributed by atoms with Crippen LogP contribution < -0.4 is 10.3 Å². The van der Waals surface area contributed by atoms with E-state index in [1.807, 2.05) is 6.92 Å². The lowest BCUT2D eigenvalue weighted by molar-refractivity contribution is 0.601. The Morgan fingerprint density at radius 3 is 2.43 bits per heavy atom. The number of rotatable bonds is 3. The molecule has 0 amide bonds. The number of aromatic amines is 2. The van der Waals surface area contributed by atoms with Crippen molar-refractivity contribution in [3.05, 3.63) is 58.4 Å². The first kappa shape index (κ1) is 13.4. The molecule has 0 saturated carbocycles. The van der Waals surface area contributed by atoms with Crippen LogP contribution in [-0.4, -0.2) is 18.6 Å². The van der Waals surface area contributed by atoms with Crippen molar-refractivity contribution in [3.63, 3.8) is 0 Å². The second-order valence-corrected chi connectivity index (χ2v) is 6.44. The van der Waals surface area contributed by atoms with E-state index in [0.29, 0.717) is 16.6 Å². The normalized spacial score (nSPS) is 11.7. The van der Waals surface area contributed by atoms with Gasteiger partial charge in [-0.15, -0.1) is 0 Å². The van der Waals surface area contributed by atoms with Gasteiger partial charge in [-0.3, -0.25) is 19.7 Å². The summed E-state index contributed by atoms with van der Waals surface area (Å²) in [5, 5.41) is 5.62. The summed E-state index contributed by atoms with van der Waals surface area (Å²) in [4.78, 5) is 11.6. The molecule has 0 radical (unpaired) electrons. The van der Waals surface area contributed by atoms with Gasteiger partial charge < -0.3 is 0 Å². The minimum Gasteiger partial charge on any atom is -0.297 e. The molecule has 0 atom stereocenters. The van der Waals surface area contributed by atoms with Crippen LogP contribution in [0.15, 0.2) is 52.2 Å². The van der Waals surface area contributed by atoms with Crippen molar-refractivity contribution < 1.29 is 8.42 Å². The van der Waals surface area contributed by atoms with Crippen LogP contribution in [0.5, 0.6) is 0 Å². The van der Waals surface area contributed by atoms with Crippen LogP contribution in [0.1, 0.15) is 5.56 Å². The third-order valence-corrected chi connectivity index (χ3v) is 4.56. The number of H-pyrrole nitrogens is 2. The molecule has 1 aromatic heterocycles. The standard InChI is InChI=1S/C14H13N3O3S/c1-9-2-5-11(6-3-9)21(19,20)17-10-4-7-12-13(8-10)15-16-14(12)18/h2-8,17H,1H3,(H2,15,16,18). The minimum absolute atomic E-state index is 0.191. The zero-order valence-corrected chi connectivity index (χ0v) is 12.0. The molecule has 1 heterocycles. The largest absolute Gasteiger partial charge is 0.297 e. The highest BCUT2D eigenvalue weighted by atomic mass is 32.2. The summed E-state index contributed by atoms with van der Waals surface area (Å²) in [7, 11) is -3.64. The molecule has 108 valence electrons. The molecule has 0 fully saturated rings. The maximum atomic E-state index is 12.3. The van der Waals surface area contributed by atoms with Crippen molar-refractivity contribution in [3.8, 4) is 0 Å². The average Bonchev–Trinajstić information content (AvgIpc) is 2.80. The van der Waals surface area contributed by atoms with Crippen LogP contribution in [0.25, 0.3) is 10.9 Å². The summed E-state index contributed by atoms with van der Waals surface area (Å²) in [6, 6.07) is 11.3. The van der Waals surface area contributed by atoms with Crippen LogP contribution in [0, 0.1) is 6.92 Å². The highest BCUT2D eigenvalue weighted by molar-refractivity contribution is 7.92. The predicted molar refractivity (Wildman–Crippen MR) is 80.9 cm³/mol. The Bertz CT molecular complexity index is 953. The van der Waals surface area contributed by atoms with Crippen molar-refractivity contribution in [2.24, 2.45) is 0 Å². The van der Waals surface area contributed by atoms with Gasteiger partial charge in [-0.25, -0.2) is 8.42 Å². The maximum absolute atomic E-state index is 12.3. The van der Waals surface area contributed by atoms with Crippen LogP contribution in [0.4, 0.5) is 5.69 Å². The van der Waals surface area contributed by atoms with Gasteiger partial charge in [0.2, 0.25) is 0 Å². The van der Waals surface area contributed by atoms with E-state index >= 15 is 0 Å². The van der Waals surface area contributed by atoms with Gasteiger partial charge in [0.25, 0.3) is 15.6 Å². The number of benzene rings is 2. The molecular formula is C14H13N3O3S. The highest BCUT2D eigenvalue weighted by Gasteiger charge is 2.14. The Hall–Kier alpha value is -2.54. The zero-order valence-electron chi connectivity index (χ0n) is 11.2. The Morgan fingerprint density at radius 2 is 1.71 bits per heavy atom. The summed E-state index contributed by atoms with van der Waals surface area (Å²) in [6.07, 6.45) is 0. The van der Waals surface area contributed by atoms with Crippen molar-refractivity contribution in [2.45, 2.75) is 11.8 Å². The number of nitrogens with one attached hydrogen (secondary N) is 3. The second-order valence-electron chi connectivity index (χ2n) is 4.76. The lowest BCUT2D eigenvalue weighted by Crippen LogP contribution is -2.12. The Morgan fingerprint density at radius 1 is 1.00 bits per heavy atom. The zero-order chi connectivity index (χ0) is 15.0. The van der Waals surface area contributed by atoms with Crippen molar-refractivity contribution in [1.29, 1.82) is 0 Å². The molecule has 0 unspecified atom stereocenters. The van der Waals surface area contributed by atoms with Crippen LogP contribution in [0.3, 0.4) is 0 Å². The molecule has 0 spiro atoms. The lowest BCUT2D eigenvalue weighted by Gasteiger charge is -2.08. The molecule has 0 saturated heterocycles. The van der Waals surface area contributed by atoms with Crippen LogP contribution >= 0.6 is 0 Å². The van der Waals surface area contributed by atoms with Crippen molar-refractivity contribution in [2.75, 3.05) is 4.72 Å².